The molecule has 0 aliphatic carbocycles. The van der Waals surface area contributed by atoms with Crippen molar-refractivity contribution in [2.45, 2.75) is 45.1 Å². The molecule has 1 unspecified atom stereocenters. The highest BCUT2D eigenvalue weighted by Gasteiger charge is 2.22. The number of hydrogen-bond donors (Lipinski definition) is 1. The molecule has 0 fully saturated rings. The van der Waals surface area contributed by atoms with Gasteiger partial charge in [0, 0.05) is 5.69 Å². The fourth-order valence-electron chi connectivity index (χ4n) is 1.87. The summed E-state index contributed by atoms with van der Waals surface area (Å²) in [6.45, 7) is 4.12. The van der Waals surface area contributed by atoms with Gasteiger partial charge in [-0.05, 0) is 37.6 Å². The van der Waals surface area contributed by atoms with Crippen LogP contribution in [0.25, 0.3) is 0 Å². The van der Waals surface area contributed by atoms with Crippen molar-refractivity contribution in [3.8, 4) is 11.8 Å². The Bertz CT molecular complexity index is 394. The minimum Gasteiger partial charge on any atom is -0.497 e. The number of ether oxygens (including phenoxy) is 1. The van der Waals surface area contributed by atoms with E-state index in [1.54, 1.807) is 7.11 Å². The quantitative estimate of drug-likeness (QED) is 0.740. The van der Waals surface area contributed by atoms with E-state index in [0.29, 0.717) is 0 Å². The zero-order chi connectivity index (χ0) is 13.4. The summed E-state index contributed by atoms with van der Waals surface area (Å²) in [5.41, 5.74) is 0.459. The highest BCUT2D eigenvalue weighted by atomic mass is 16.5. The van der Waals surface area contributed by atoms with Crippen molar-refractivity contribution in [2.24, 2.45) is 0 Å². The van der Waals surface area contributed by atoms with Gasteiger partial charge < -0.3 is 10.1 Å². The average molecular weight is 246 g/mol. The lowest BCUT2D eigenvalue weighted by atomic mass is 9.95. The van der Waals surface area contributed by atoms with Crippen molar-refractivity contribution < 1.29 is 4.74 Å². The van der Waals surface area contributed by atoms with Crippen LogP contribution in [0.5, 0.6) is 5.75 Å². The molecule has 1 aromatic carbocycles. The molecular formula is C15H22N2O. The molecule has 0 amide bonds. The molecule has 1 N–H and O–H groups in total. The van der Waals surface area contributed by atoms with Crippen LogP contribution in [-0.2, 0) is 0 Å². The molecule has 0 aliphatic heterocycles. The highest BCUT2D eigenvalue weighted by molar-refractivity contribution is 5.49. The van der Waals surface area contributed by atoms with Crippen LogP contribution in [-0.4, -0.2) is 12.6 Å². The summed E-state index contributed by atoms with van der Waals surface area (Å²) < 4.78 is 5.11. The summed E-state index contributed by atoms with van der Waals surface area (Å²) in [5.74, 6) is 0.824. The van der Waals surface area contributed by atoms with Gasteiger partial charge in [-0.1, -0.05) is 26.2 Å². The molecule has 0 heterocycles. The van der Waals surface area contributed by atoms with Crippen LogP contribution in [0.4, 0.5) is 5.69 Å². The van der Waals surface area contributed by atoms with Crippen molar-refractivity contribution in [1.29, 1.82) is 5.26 Å². The number of rotatable bonds is 7. The largest absolute Gasteiger partial charge is 0.497 e. The van der Waals surface area contributed by atoms with E-state index in [2.05, 4.69) is 18.3 Å². The third-order valence-corrected chi connectivity index (χ3v) is 3.04. The van der Waals surface area contributed by atoms with Gasteiger partial charge >= 0.3 is 0 Å². The molecule has 0 spiro atoms. The zero-order valence-corrected chi connectivity index (χ0v) is 11.5. The predicted molar refractivity (Wildman–Crippen MR) is 74.8 cm³/mol. The van der Waals surface area contributed by atoms with Crippen LogP contribution >= 0.6 is 0 Å². The minimum atomic E-state index is -0.496. The monoisotopic (exact) mass is 246 g/mol. The normalized spacial score (nSPS) is 13.4. The second-order valence-corrected chi connectivity index (χ2v) is 4.75. The Hall–Kier alpha value is -1.69. The van der Waals surface area contributed by atoms with Crippen molar-refractivity contribution >= 4 is 5.69 Å². The minimum absolute atomic E-state index is 0.496. The first-order valence-corrected chi connectivity index (χ1v) is 6.47. The molecule has 1 aromatic rings. The molecule has 0 aromatic heterocycles. The molecule has 1 rings (SSSR count). The predicted octanol–water partition coefficient (Wildman–Crippen LogP) is 3.97. The second-order valence-electron chi connectivity index (χ2n) is 4.75. The Morgan fingerprint density at radius 1 is 1.28 bits per heavy atom. The molecule has 0 radical (unpaired) electrons. The van der Waals surface area contributed by atoms with Crippen LogP contribution in [0.3, 0.4) is 0 Å². The number of anilines is 1. The fraction of sp³-hybridized carbons (Fsp3) is 0.533. The molecule has 0 bridgehead atoms. The van der Waals surface area contributed by atoms with Crippen LogP contribution in [0.15, 0.2) is 24.3 Å². The Kier molecular flexibility index (Phi) is 5.51. The van der Waals surface area contributed by atoms with Gasteiger partial charge in [-0.2, -0.15) is 5.26 Å². The van der Waals surface area contributed by atoms with Crippen molar-refractivity contribution in [2.75, 3.05) is 12.4 Å². The van der Waals surface area contributed by atoms with E-state index in [0.717, 1.165) is 24.3 Å². The van der Waals surface area contributed by atoms with Gasteiger partial charge in [0.25, 0.3) is 0 Å². The Morgan fingerprint density at radius 3 is 2.44 bits per heavy atom. The summed E-state index contributed by atoms with van der Waals surface area (Å²) in [4.78, 5) is 0. The average Bonchev–Trinajstić information content (AvgIpc) is 2.40. The summed E-state index contributed by atoms with van der Waals surface area (Å²) in [5, 5.41) is 12.6. The van der Waals surface area contributed by atoms with Crippen LogP contribution in [0.1, 0.15) is 39.5 Å². The molecule has 0 aliphatic rings. The van der Waals surface area contributed by atoms with Gasteiger partial charge in [-0.15, -0.1) is 0 Å². The number of nitrogens with zero attached hydrogens (tertiary/aromatic N) is 1. The van der Waals surface area contributed by atoms with Crippen LogP contribution in [0, 0.1) is 11.3 Å². The lowest BCUT2D eigenvalue weighted by Crippen LogP contribution is -2.32. The first kappa shape index (κ1) is 14.4. The SMILES string of the molecule is CCCCCC(C)(C#N)Nc1ccc(OC)cc1. The number of nitriles is 1. The van der Waals surface area contributed by atoms with Crippen molar-refractivity contribution in [1.82, 2.24) is 0 Å². The van der Waals surface area contributed by atoms with Crippen molar-refractivity contribution in [3.05, 3.63) is 24.3 Å². The van der Waals surface area contributed by atoms with Crippen LogP contribution in [0.2, 0.25) is 0 Å². The van der Waals surface area contributed by atoms with Gasteiger partial charge in [0.1, 0.15) is 11.3 Å². The van der Waals surface area contributed by atoms with Crippen LogP contribution < -0.4 is 10.1 Å². The maximum Gasteiger partial charge on any atom is 0.122 e. The standard InChI is InChI=1S/C15H22N2O/c1-4-5-6-11-15(2,12-16)17-13-7-9-14(18-3)10-8-13/h7-10,17H,4-6,11H2,1-3H3. The van der Waals surface area contributed by atoms with Gasteiger partial charge in [0.05, 0.1) is 13.2 Å². The van der Waals surface area contributed by atoms with E-state index >= 15 is 0 Å². The number of hydrogen-bond acceptors (Lipinski definition) is 3. The fourth-order valence-corrected chi connectivity index (χ4v) is 1.87. The molecule has 1 atom stereocenters. The van der Waals surface area contributed by atoms with E-state index in [-0.39, 0.29) is 0 Å². The number of benzene rings is 1. The maximum atomic E-state index is 9.31. The van der Waals surface area contributed by atoms with Gasteiger partial charge in [-0.25, -0.2) is 0 Å². The van der Waals surface area contributed by atoms with E-state index in [9.17, 15) is 5.26 Å². The molecule has 0 saturated heterocycles. The number of nitrogens with one attached hydrogen (secondary N) is 1. The van der Waals surface area contributed by atoms with Gasteiger partial charge in [0.2, 0.25) is 0 Å². The smallest absolute Gasteiger partial charge is 0.122 e. The molecule has 3 nitrogen and oxygen atoms in total. The van der Waals surface area contributed by atoms with E-state index in [4.69, 9.17) is 4.74 Å². The first-order valence-electron chi connectivity index (χ1n) is 6.47. The number of methoxy groups -OCH3 is 1. The Morgan fingerprint density at radius 2 is 1.94 bits per heavy atom. The summed E-state index contributed by atoms with van der Waals surface area (Å²) in [6, 6.07) is 10.0. The van der Waals surface area contributed by atoms with E-state index < -0.39 is 5.54 Å². The Labute approximate surface area is 110 Å². The topological polar surface area (TPSA) is 45.0 Å². The molecule has 0 saturated carbocycles. The summed E-state index contributed by atoms with van der Waals surface area (Å²) in [7, 11) is 1.65. The maximum absolute atomic E-state index is 9.31. The third-order valence-electron chi connectivity index (χ3n) is 3.04. The molecular weight excluding hydrogens is 224 g/mol. The summed E-state index contributed by atoms with van der Waals surface area (Å²) in [6.07, 6.45) is 4.28. The second kappa shape index (κ2) is 6.90. The van der Waals surface area contributed by atoms with Gasteiger partial charge in [-0.3, -0.25) is 0 Å². The Balaban J connectivity index is 2.63. The molecule has 3 heteroatoms. The lowest BCUT2D eigenvalue weighted by Gasteiger charge is -2.24. The first-order chi connectivity index (χ1) is 8.63. The molecule has 98 valence electrons. The zero-order valence-electron chi connectivity index (χ0n) is 11.5. The third kappa shape index (κ3) is 4.29. The summed E-state index contributed by atoms with van der Waals surface area (Å²) >= 11 is 0. The van der Waals surface area contributed by atoms with E-state index in [1.807, 2.05) is 31.2 Å². The van der Waals surface area contributed by atoms with Crippen molar-refractivity contribution in [3.63, 3.8) is 0 Å². The van der Waals surface area contributed by atoms with E-state index in [1.165, 1.54) is 12.8 Å². The number of unbranched alkanes of at least 4 members (excludes halogenated alkanes) is 2. The lowest BCUT2D eigenvalue weighted by molar-refractivity contribution is 0.415. The highest BCUT2D eigenvalue weighted by Crippen LogP contribution is 2.22. The van der Waals surface area contributed by atoms with Gasteiger partial charge in [0.15, 0.2) is 0 Å². The molecule has 18 heavy (non-hydrogen) atoms.